The standard InChI is InChI=1S/C23H28ClN3O3/c1-26-7-9-27(10-8-26)16-20(18-5-3-2-4-6-18)25-22(28)15-17-13-19(24)23-21(14-17)29-11-12-30-23/h2-6,13-14,20H,7-12,15-16H2,1H3,(H,25,28). The normalized spacial score (nSPS) is 18.1. The summed E-state index contributed by atoms with van der Waals surface area (Å²) >= 11 is 6.33. The van der Waals surface area contributed by atoms with Gasteiger partial charge in [-0.05, 0) is 30.3 Å². The van der Waals surface area contributed by atoms with Crippen molar-refractivity contribution in [2.45, 2.75) is 12.5 Å². The molecule has 0 saturated carbocycles. The molecule has 0 radical (unpaired) electrons. The van der Waals surface area contributed by atoms with Crippen molar-refractivity contribution in [1.29, 1.82) is 0 Å². The van der Waals surface area contributed by atoms with Crippen LogP contribution < -0.4 is 14.8 Å². The second kappa shape index (κ2) is 9.69. The summed E-state index contributed by atoms with van der Waals surface area (Å²) in [6.07, 6.45) is 0.239. The topological polar surface area (TPSA) is 54.0 Å². The van der Waals surface area contributed by atoms with E-state index >= 15 is 0 Å². The first-order chi connectivity index (χ1) is 14.6. The molecule has 6 nitrogen and oxygen atoms in total. The number of nitrogens with one attached hydrogen (secondary N) is 1. The highest BCUT2D eigenvalue weighted by Gasteiger charge is 2.22. The molecule has 2 aliphatic heterocycles. The number of carbonyl (C=O) groups excluding carboxylic acids is 1. The van der Waals surface area contributed by atoms with Crippen LogP contribution in [0.5, 0.6) is 11.5 Å². The van der Waals surface area contributed by atoms with Crippen molar-refractivity contribution in [1.82, 2.24) is 15.1 Å². The third kappa shape index (κ3) is 5.25. The summed E-state index contributed by atoms with van der Waals surface area (Å²) in [5.74, 6) is 1.13. The molecule has 0 spiro atoms. The molecule has 7 heteroatoms. The smallest absolute Gasteiger partial charge is 0.224 e. The van der Waals surface area contributed by atoms with Gasteiger partial charge in [0.15, 0.2) is 11.5 Å². The first-order valence-electron chi connectivity index (χ1n) is 10.4. The summed E-state index contributed by atoms with van der Waals surface area (Å²) in [6, 6.07) is 13.7. The van der Waals surface area contributed by atoms with E-state index in [0.717, 1.165) is 43.9 Å². The predicted octanol–water partition coefficient (Wildman–Crippen LogP) is 2.76. The van der Waals surface area contributed by atoms with Crippen LogP contribution in [0.4, 0.5) is 0 Å². The molecule has 160 valence electrons. The molecule has 0 bridgehead atoms. The molecule has 1 unspecified atom stereocenters. The number of nitrogens with zero attached hydrogens (tertiary/aromatic N) is 2. The molecule has 2 aromatic carbocycles. The fraction of sp³-hybridized carbons (Fsp3) is 0.435. The molecular formula is C23H28ClN3O3. The second-order valence-electron chi connectivity index (χ2n) is 7.91. The number of fused-ring (bicyclic) bond motifs is 1. The van der Waals surface area contributed by atoms with Crippen LogP contribution in [0, 0.1) is 0 Å². The monoisotopic (exact) mass is 429 g/mol. The van der Waals surface area contributed by atoms with Gasteiger partial charge < -0.3 is 19.7 Å². The quantitative estimate of drug-likeness (QED) is 0.765. The fourth-order valence-electron chi connectivity index (χ4n) is 3.91. The van der Waals surface area contributed by atoms with Gasteiger partial charge in [-0.3, -0.25) is 9.69 Å². The molecule has 1 N–H and O–H groups in total. The Morgan fingerprint density at radius 1 is 1.10 bits per heavy atom. The molecule has 2 aliphatic rings. The van der Waals surface area contributed by atoms with E-state index in [2.05, 4.69) is 34.3 Å². The minimum atomic E-state index is -0.0604. The molecule has 0 aromatic heterocycles. The summed E-state index contributed by atoms with van der Waals surface area (Å²) in [7, 11) is 2.15. The molecule has 4 rings (SSSR count). The summed E-state index contributed by atoms with van der Waals surface area (Å²) in [4.78, 5) is 17.7. The van der Waals surface area contributed by atoms with Gasteiger partial charge in [-0.2, -0.15) is 0 Å². The van der Waals surface area contributed by atoms with Gasteiger partial charge in [-0.15, -0.1) is 0 Å². The van der Waals surface area contributed by atoms with Crippen LogP contribution in [0.3, 0.4) is 0 Å². The minimum Gasteiger partial charge on any atom is -0.486 e. The number of hydrogen-bond donors (Lipinski definition) is 1. The number of hydrogen-bond acceptors (Lipinski definition) is 5. The van der Waals surface area contributed by atoms with E-state index in [1.807, 2.05) is 24.3 Å². The van der Waals surface area contributed by atoms with E-state index in [4.69, 9.17) is 21.1 Å². The van der Waals surface area contributed by atoms with Gasteiger partial charge in [0.1, 0.15) is 13.2 Å². The zero-order valence-electron chi connectivity index (χ0n) is 17.3. The van der Waals surface area contributed by atoms with Crippen molar-refractivity contribution in [3.63, 3.8) is 0 Å². The maximum atomic E-state index is 12.9. The van der Waals surface area contributed by atoms with Crippen molar-refractivity contribution < 1.29 is 14.3 Å². The largest absolute Gasteiger partial charge is 0.486 e. The van der Waals surface area contributed by atoms with Gasteiger partial charge in [-0.1, -0.05) is 41.9 Å². The Hall–Kier alpha value is -2.28. The lowest BCUT2D eigenvalue weighted by molar-refractivity contribution is -0.121. The maximum Gasteiger partial charge on any atom is 0.224 e. The van der Waals surface area contributed by atoms with E-state index in [-0.39, 0.29) is 18.4 Å². The highest BCUT2D eigenvalue weighted by atomic mass is 35.5. The molecular weight excluding hydrogens is 402 g/mol. The van der Waals surface area contributed by atoms with Crippen LogP contribution in [0.2, 0.25) is 5.02 Å². The Labute approximate surface area is 182 Å². The van der Waals surface area contributed by atoms with Crippen LogP contribution in [0.15, 0.2) is 42.5 Å². The zero-order valence-corrected chi connectivity index (χ0v) is 18.0. The number of halogens is 1. The number of likely N-dealkylation sites (N-methyl/N-ethyl adjacent to an activating group) is 1. The highest BCUT2D eigenvalue weighted by molar-refractivity contribution is 6.32. The average Bonchev–Trinajstić information content (AvgIpc) is 2.75. The van der Waals surface area contributed by atoms with Gasteiger partial charge in [0, 0.05) is 32.7 Å². The lowest BCUT2D eigenvalue weighted by Crippen LogP contribution is -2.48. The third-order valence-electron chi connectivity index (χ3n) is 5.60. The fourth-order valence-corrected chi connectivity index (χ4v) is 4.19. The zero-order chi connectivity index (χ0) is 20.9. The number of benzene rings is 2. The molecule has 1 saturated heterocycles. The van der Waals surface area contributed by atoms with Crippen LogP contribution in [-0.2, 0) is 11.2 Å². The van der Waals surface area contributed by atoms with Crippen molar-refractivity contribution in [3.8, 4) is 11.5 Å². The Balaban J connectivity index is 1.44. The molecule has 1 atom stereocenters. The van der Waals surface area contributed by atoms with Crippen LogP contribution in [-0.4, -0.2) is 68.7 Å². The Morgan fingerprint density at radius 2 is 1.83 bits per heavy atom. The summed E-state index contributed by atoms with van der Waals surface area (Å²) < 4.78 is 11.2. The van der Waals surface area contributed by atoms with Gasteiger partial charge in [-0.25, -0.2) is 0 Å². The Kier molecular flexibility index (Phi) is 6.77. The minimum absolute atomic E-state index is 0.0364. The number of ether oxygens (including phenoxy) is 2. The van der Waals surface area contributed by atoms with Gasteiger partial charge >= 0.3 is 0 Å². The molecule has 2 heterocycles. The summed E-state index contributed by atoms with van der Waals surface area (Å²) in [6.45, 7) is 5.88. The first-order valence-corrected chi connectivity index (χ1v) is 10.8. The lowest BCUT2D eigenvalue weighted by Gasteiger charge is -2.35. The number of carbonyl (C=O) groups is 1. The van der Waals surface area contributed by atoms with E-state index < -0.39 is 0 Å². The van der Waals surface area contributed by atoms with Crippen LogP contribution >= 0.6 is 11.6 Å². The lowest BCUT2D eigenvalue weighted by atomic mass is 10.0. The molecule has 1 amide bonds. The third-order valence-corrected chi connectivity index (χ3v) is 5.88. The SMILES string of the molecule is CN1CCN(CC(NC(=O)Cc2cc(Cl)c3c(c2)OCCO3)c2ccccc2)CC1. The van der Waals surface area contributed by atoms with Crippen molar-refractivity contribution in [2.75, 3.05) is 53.0 Å². The van der Waals surface area contributed by atoms with E-state index in [1.165, 1.54) is 0 Å². The van der Waals surface area contributed by atoms with Crippen LogP contribution in [0.25, 0.3) is 0 Å². The van der Waals surface area contributed by atoms with Gasteiger partial charge in [0.2, 0.25) is 5.91 Å². The number of piperazine rings is 1. The molecule has 0 aliphatic carbocycles. The molecule has 30 heavy (non-hydrogen) atoms. The summed E-state index contributed by atoms with van der Waals surface area (Å²) in [5, 5.41) is 3.71. The predicted molar refractivity (Wildman–Crippen MR) is 117 cm³/mol. The van der Waals surface area contributed by atoms with Crippen molar-refractivity contribution in [3.05, 3.63) is 58.6 Å². The second-order valence-corrected chi connectivity index (χ2v) is 8.32. The molecule has 1 fully saturated rings. The van der Waals surface area contributed by atoms with E-state index in [1.54, 1.807) is 6.07 Å². The van der Waals surface area contributed by atoms with E-state index in [0.29, 0.717) is 29.7 Å². The average molecular weight is 430 g/mol. The maximum absolute atomic E-state index is 12.9. The van der Waals surface area contributed by atoms with Crippen molar-refractivity contribution >= 4 is 17.5 Å². The first kappa shape index (κ1) is 21.0. The Bertz CT molecular complexity index is 869. The number of amides is 1. The van der Waals surface area contributed by atoms with E-state index in [9.17, 15) is 4.79 Å². The van der Waals surface area contributed by atoms with Crippen LogP contribution in [0.1, 0.15) is 17.2 Å². The highest BCUT2D eigenvalue weighted by Crippen LogP contribution is 2.38. The van der Waals surface area contributed by atoms with Gasteiger partial charge in [0.25, 0.3) is 0 Å². The molecule has 2 aromatic rings. The Morgan fingerprint density at radius 3 is 2.60 bits per heavy atom. The van der Waals surface area contributed by atoms with Crippen molar-refractivity contribution in [2.24, 2.45) is 0 Å². The number of rotatable bonds is 6. The summed E-state index contributed by atoms with van der Waals surface area (Å²) in [5.41, 5.74) is 1.93. The van der Waals surface area contributed by atoms with Gasteiger partial charge in [0.05, 0.1) is 17.5 Å².